The number of hydrogen-bond acceptors (Lipinski definition) is 6. The molecule has 5 aliphatic rings. The van der Waals surface area contributed by atoms with E-state index >= 15 is 0 Å². The van der Waals surface area contributed by atoms with Crippen molar-refractivity contribution in [2.45, 2.75) is 61.9 Å². The predicted molar refractivity (Wildman–Crippen MR) is 219 cm³/mol. The van der Waals surface area contributed by atoms with Crippen LogP contribution in [0.1, 0.15) is 60.1 Å². The van der Waals surface area contributed by atoms with Crippen LogP contribution in [0.5, 0.6) is 0 Å². The molecule has 5 fully saturated rings. The highest BCUT2D eigenvalue weighted by Crippen LogP contribution is 2.46. The number of aliphatic hydroxyl groups is 3. The molecule has 2 saturated carbocycles. The number of ether oxygens (including phenoxy) is 1. The Kier molecular flexibility index (Phi) is 13.0. The van der Waals surface area contributed by atoms with E-state index in [4.69, 9.17) is 51.1 Å². The molecule has 6 nitrogen and oxygen atoms in total. The molecule has 4 aromatic carbocycles. The lowest BCUT2D eigenvalue weighted by Gasteiger charge is -2.27. The molecular weight excluding hydrogens is 762 g/mol. The highest BCUT2D eigenvalue weighted by atomic mass is 35.5. The molecule has 0 spiro atoms. The molecule has 54 heavy (non-hydrogen) atoms. The van der Waals surface area contributed by atoms with Crippen molar-refractivity contribution in [2.24, 2.45) is 23.7 Å². The van der Waals surface area contributed by atoms with Gasteiger partial charge in [0.1, 0.15) is 6.10 Å². The summed E-state index contributed by atoms with van der Waals surface area (Å²) in [4.78, 5) is 2.30. The number of epoxide rings is 1. The SMILES string of the molecule is Clc1ccc(C2CO2)c(Cl)c1.OC(CN1C[C@@H]2CC(O)(Cc3ccccc3)C[C@@H]2C1)c1ccc(Cl)cc1Cl.OC1(Cc2ccccc2)C[C@H]2CNC[C@H]2C1. The summed E-state index contributed by atoms with van der Waals surface area (Å²) in [6.07, 6.45) is 4.74. The van der Waals surface area contributed by atoms with Gasteiger partial charge in [-0.1, -0.05) is 119 Å². The molecule has 3 saturated heterocycles. The van der Waals surface area contributed by atoms with Crippen LogP contribution in [0.4, 0.5) is 0 Å². The maximum Gasteiger partial charge on any atom is 0.107 e. The second-order valence-electron chi connectivity index (χ2n) is 16.2. The van der Waals surface area contributed by atoms with Gasteiger partial charge in [0.25, 0.3) is 0 Å². The minimum absolute atomic E-state index is 0.208. The summed E-state index contributed by atoms with van der Waals surface area (Å²) >= 11 is 23.8. The number of likely N-dealkylation sites (tertiary alicyclic amines) is 1. The Balaban J connectivity index is 0.000000140. The van der Waals surface area contributed by atoms with Crippen molar-refractivity contribution in [2.75, 3.05) is 39.3 Å². The van der Waals surface area contributed by atoms with Gasteiger partial charge in [-0.3, -0.25) is 4.90 Å². The van der Waals surface area contributed by atoms with Crippen molar-refractivity contribution >= 4 is 46.4 Å². The van der Waals surface area contributed by atoms with E-state index in [1.165, 1.54) is 11.1 Å². The van der Waals surface area contributed by atoms with Gasteiger partial charge in [-0.25, -0.2) is 0 Å². The lowest BCUT2D eigenvalue weighted by atomic mass is 9.91. The number of nitrogens with one attached hydrogen (secondary N) is 1. The van der Waals surface area contributed by atoms with Crippen molar-refractivity contribution < 1.29 is 20.1 Å². The largest absolute Gasteiger partial charge is 0.390 e. The molecule has 288 valence electrons. The molecule has 2 aliphatic carbocycles. The summed E-state index contributed by atoms with van der Waals surface area (Å²) in [6.45, 7) is 5.38. The van der Waals surface area contributed by atoms with Crippen LogP contribution in [0.2, 0.25) is 20.1 Å². The third kappa shape index (κ3) is 10.4. The van der Waals surface area contributed by atoms with Crippen LogP contribution >= 0.6 is 46.4 Å². The van der Waals surface area contributed by atoms with Crippen LogP contribution < -0.4 is 5.32 Å². The fourth-order valence-electron chi connectivity index (χ4n) is 9.38. The average molecular weight is 813 g/mol. The van der Waals surface area contributed by atoms with Gasteiger partial charge in [-0.15, -0.1) is 0 Å². The van der Waals surface area contributed by atoms with Crippen molar-refractivity contribution in [3.05, 3.63) is 139 Å². The van der Waals surface area contributed by atoms with Crippen molar-refractivity contribution in [3.8, 4) is 0 Å². The molecule has 0 aromatic heterocycles. The Bertz CT molecular complexity index is 1820. The maximum absolute atomic E-state index is 11.1. The second-order valence-corrected chi connectivity index (χ2v) is 17.9. The predicted octanol–water partition coefficient (Wildman–Crippen LogP) is 9.00. The summed E-state index contributed by atoms with van der Waals surface area (Å²) in [5.74, 6) is 2.39. The van der Waals surface area contributed by atoms with Gasteiger partial charge in [-0.2, -0.15) is 0 Å². The Morgan fingerprint density at radius 3 is 1.63 bits per heavy atom. The van der Waals surface area contributed by atoms with Gasteiger partial charge in [0.15, 0.2) is 0 Å². The molecule has 10 heteroatoms. The van der Waals surface area contributed by atoms with E-state index < -0.39 is 17.3 Å². The van der Waals surface area contributed by atoms with E-state index in [1.54, 1.807) is 24.3 Å². The van der Waals surface area contributed by atoms with Gasteiger partial charge in [-0.05, 0) is 97.8 Å². The molecule has 3 aliphatic heterocycles. The molecule has 3 heterocycles. The number of halogens is 4. The second kappa shape index (κ2) is 17.5. The number of benzene rings is 4. The van der Waals surface area contributed by atoms with Gasteiger partial charge in [0, 0.05) is 63.7 Å². The van der Waals surface area contributed by atoms with Gasteiger partial charge in [0.2, 0.25) is 0 Å². The Labute approximate surface area is 339 Å². The molecule has 8 atom stereocenters. The fraction of sp³-hybridized carbons (Fsp3) is 0.455. The fourth-order valence-corrected chi connectivity index (χ4v) is 10.4. The highest BCUT2D eigenvalue weighted by molar-refractivity contribution is 6.35. The zero-order valence-electron chi connectivity index (χ0n) is 30.4. The zero-order chi connectivity index (χ0) is 37.9. The number of hydrogen-bond donors (Lipinski definition) is 4. The Morgan fingerprint density at radius 1 is 0.667 bits per heavy atom. The molecule has 4 aromatic rings. The van der Waals surface area contributed by atoms with Crippen LogP contribution in [0.15, 0.2) is 97.1 Å². The summed E-state index contributed by atoms with van der Waals surface area (Å²) in [5, 5.41) is 38.1. The lowest BCUT2D eigenvalue weighted by molar-refractivity contribution is 0.0328. The Morgan fingerprint density at radius 2 is 1.15 bits per heavy atom. The minimum atomic E-state index is -0.628. The van der Waals surface area contributed by atoms with Gasteiger partial charge in [0.05, 0.1) is 23.9 Å². The topological polar surface area (TPSA) is 88.5 Å². The molecular formula is C44H50Cl4N2O4. The third-order valence-corrected chi connectivity index (χ3v) is 13.0. The summed E-state index contributed by atoms with van der Waals surface area (Å²) < 4.78 is 5.09. The summed E-state index contributed by atoms with van der Waals surface area (Å²) in [7, 11) is 0. The van der Waals surface area contributed by atoms with E-state index in [-0.39, 0.29) is 6.10 Å². The van der Waals surface area contributed by atoms with Crippen LogP contribution in [0.25, 0.3) is 0 Å². The first kappa shape index (κ1) is 40.0. The number of rotatable bonds is 8. The number of fused-ring (bicyclic) bond motifs is 2. The molecule has 4 unspecified atom stereocenters. The van der Waals surface area contributed by atoms with Crippen LogP contribution in [-0.2, 0) is 17.6 Å². The third-order valence-electron chi connectivity index (χ3n) is 11.8. The molecule has 9 rings (SSSR count). The molecule has 0 bridgehead atoms. The smallest absolute Gasteiger partial charge is 0.107 e. The zero-order valence-corrected chi connectivity index (χ0v) is 33.4. The first-order chi connectivity index (χ1) is 25.9. The van der Waals surface area contributed by atoms with E-state index in [2.05, 4.69) is 46.6 Å². The highest BCUT2D eigenvalue weighted by Gasteiger charge is 2.48. The monoisotopic (exact) mass is 810 g/mol. The quantitative estimate of drug-likeness (QED) is 0.133. The minimum Gasteiger partial charge on any atom is -0.390 e. The van der Waals surface area contributed by atoms with Gasteiger partial charge >= 0.3 is 0 Å². The van der Waals surface area contributed by atoms with Crippen molar-refractivity contribution in [1.82, 2.24) is 10.2 Å². The normalized spacial score (nSPS) is 30.1. The van der Waals surface area contributed by atoms with Crippen LogP contribution in [0.3, 0.4) is 0 Å². The van der Waals surface area contributed by atoms with Crippen molar-refractivity contribution in [3.63, 3.8) is 0 Å². The van der Waals surface area contributed by atoms with Crippen LogP contribution in [-0.4, -0.2) is 70.8 Å². The number of β-amino-alcohol motifs (C(OH)–C–C–N with tert-alkyl or cyclic N) is 1. The summed E-state index contributed by atoms with van der Waals surface area (Å²) in [5.41, 5.74) is 3.18. The van der Waals surface area contributed by atoms with E-state index in [1.807, 2.05) is 36.4 Å². The summed E-state index contributed by atoms with van der Waals surface area (Å²) in [6, 6.07) is 31.3. The number of nitrogens with zero attached hydrogens (tertiary/aromatic N) is 1. The van der Waals surface area contributed by atoms with Gasteiger partial charge < -0.3 is 25.4 Å². The Hall–Kier alpha value is -2.20. The van der Waals surface area contributed by atoms with E-state index in [0.29, 0.717) is 50.3 Å². The first-order valence-electron chi connectivity index (χ1n) is 19.1. The molecule has 0 radical (unpaired) electrons. The average Bonchev–Trinajstić information content (AvgIpc) is 3.51. The molecule has 4 N–H and O–H groups in total. The van der Waals surface area contributed by atoms with E-state index in [9.17, 15) is 15.3 Å². The van der Waals surface area contributed by atoms with Crippen molar-refractivity contribution in [1.29, 1.82) is 0 Å². The molecule has 0 amide bonds. The first-order valence-corrected chi connectivity index (χ1v) is 20.6. The van der Waals surface area contributed by atoms with E-state index in [0.717, 1.165) is 82.4 Å². The van der Waals surface area contributed by atoms with Crippen LogP contribution in [0, 0.1) is 23.7 Å². The number of aliphatic hydroxyl groups excluding tert-OH is 1. The maximum atomic E-state index is 11.1. The lowest BCUT2D eigenvalue weighted by Crippen LogP contribution is -2.33. The standard InChI is InChI=1S/C22H25Cl2NO2.C14H19NO.C8H6Cl2O/c23-18-6-7-19(20(24)8-18)21(26)14-25-12-16-10-22(27,11-17(16)13-25)9-15-4-2-1-3-5-15;16-14(6-11-4-2-1-3-5-11)7-12-9-15-10-13(12)8-14;9-5-1-2-6(7(10)3-5)8-4-11-8/h1-8,16-17,21,26-27H,9-14H2;1-5,12-13,15-16H,6-10H2;1-3,8H,4H2/t16-,17+,21?,22?;12-,13+,14?;.